The van der Waals surface area contributed by atoms with E-state index in [1.807, 2.05) is 49.4 Å². The number of rotatable bonds is 13. The lowest BCUT2D eigenvalue weighted by molar-refractivity contribution is -0.133. The van der Waals surface area contributed by atoms with Crippen molar-refractivity contribution in [2.24, 2.45) is 0 Å². The summed E-state index contributed by atoms with van der Waals surface area (Å²) in [5.41, 5.74) is 3.33. The van der Waals surface area contributed by atoms with Gasteiger partial charge >= 0.3 is 23.1 Å². The summed E-state index contributed by atoms with van der Waals surface area (Å²) in [6.45, 7) is 21.8. The molecule has 0 aromatic heterocycles. The molecule has 0 saturated heterocycles. The highest BCUT2D eigenvalue weighted by Gasteiger charge is 2.44. The van der Waals surface area contributed by atoms with Crippen LogP contribution in [-0.2, 0) is 30.0 Å². The third-order valence-corrected chi connectivity index (χ3v) is 18.9. The van der Waals surface area contributed by atoms with Gasteiger partial charge in [0.25, 0.3) is 0 Å². The number of benzene rings is 2. The summed E-state index contributed by atoms with van der Waals surface area (Å²) in [7, 11) is -8.29. The fourth-order valence-corrected chi connectivity index (χ4v) is 22.5. The molecule has 200 valence electrons. The van der Waals surface area contributed by atoms with Crippen molar-refractivity contribution in [2.75, 3.05) is 0 Å². The molecule has 0 radical (unpaired) electrons. The van der Waals surface area contributed by atoms with Gasteiger partial charge in [0.2, 0.25) is 0 Å². The first kappa shape index (κ1) is 30.9. The largest absolute Gasteiger partial charge is 0.437 e. The standard InChI is InChI=1S/C27H46O5Si4/c1-23-17-19-26(20-18-23)29-27(28)22-25-15-12-11-14-24(25)16-13-21-36(10,31-34(5,6)7)32-35(8,9)30-33(2,3)4/h11-12,14-15,17-20H,13,16,21-22H2,1-10H3. The molecule has 2 rings (SSSR count). The van der Waals surface area contributed by atoms with Gasteiger partial charge in [0.1, 0.15) is 5.75 Å². The van der Waals surface area contributed by atoms with Gasteiger partial charge in [0.05, 0.1) is 6.42 Å². The number of carbonyl (C=O) groups is 1. The number of hydrogen-bond acceptors (Lipinski definition) is 5. The van der Waals surface area contributed by atoms with E-state index in [0.717, 1.165) is 30.0 Å². The van der Waals surface area contributed by atoms with Crippen LogP contribution in [0.4, 0.5) is 0 Å². The maximum Gasteiger partial charge on any atom is 0.315 e. The van der Waals surface area contributed by atoms with E-state index in [4.69, 9.17) is 17.1 Å². The number of esters is 1. The molecule has 0 fully saturated rings. The molecule has 0 aliphatic rings. The Morgan fingerprint density at radius 3 is 1.83 bits per heavy atom. The molecule has 0 aliphatic heterocycles. The van der Waals surface area contributed by atoms with Gasteiger partial charge in [-0.2, -0.15) is 0 Å². The Bertz CT molecular complexity index is 996. The van der Waals surface area contributed by atoms with E-state index in [0.29, 0.717) is 5.75 Å². The number of carbonyl (C=O) groups excluding carboxylic acids is 1. The highest BCUT2D eigenvalue weighted by Crippen LogP contribution is 2.28. The predicted molar refractivity (Wildman–Crippen MR) is 159 cm³/mol. The van der Waals surface area contributed by atoms with Crippen molar-refractivity contribution < 1.29 is 21.9 Å². The van der Waals surface area contributed by atoms with Crippen molar-refractivity contribution in [3.05, 3.63) is 65.2 Å². The third-order valence-electron chi connectivity index (χ3n) is 5.32. The molecule has 1 atom stereocenters. The maximum atomic E-state index is 12.6. The zero-order chi connectivity index (χ0) is 27.2. The van der Waals surface area contributed by atoms with Gasteiger partial charge in [-0.3, -0.25) is 4.79 Å². The number of aryl methyl sites for hydroxylation is 2. The van der Waals surface area contributed by atoms with Crippen LogP contribution in [0.3, 0.4) is 0 Å². The lowest BCUT2D eigenvalue weighted by atomic mass is 10.0. The molecule has 1 unspecified atom stereocenters. The Hall–Kier alpha value is -1.34. The second-order valence-electron chi connectivity index (χ2n) is 12.2. The maximum absolute atomic E-state index is 12.6. The van der Waals surface area contributed by atoms with Crippen LogP contribution in [0.1, 0.15) is 23.1 Å². The van der Waals surface area contributed by atoms with Gasteiger partial charge in [-0.05, 0) is 108 Å². The first-order chi connectivity index (χ1) is 16.5. The Morgan fingerprint density at radius 2 is 1.28 bits per heavy atom. The summed E-state index contributed by atoms with van der Waals surface area (Å²) >= 11 is 0. The van der Waals surface area contributed by atoms with Crippen molar-refractivity contribution in [1.29, 1.82) is 0 Å². The van der Waals surface area contributed by atoms with Gasteiger partial charge in [-0.25, -0.2) is 0 Å². The average Bonchev–Trinajstić information content (AvgIpc) is 2.67. The summed E-state index contributed by atoms with van der Waals surface area (Å²) in [6.07, 6.45) is 2.06. The second-order valence-corrected chi connectivity index (χ2v) is 28.6. The summed E-state index contributed by atoms with van der Waals surface area (Å²) in [6, 6.07) is 16.6. The third kappa shape index (κ3) is 11.8. The first-order valence-electron chi connectivity index (χ1n) is 12.9. The van der Waals surface area contributed by atoms with E-state index in [1.54, 1.807) is 0 Å². The SMILES string of the molecule is Cc1ccc(OC(=O)Cc2ccccc2CCC[Si](C)(O[Si](C)(C)C)O[Si](C)(C)O[Si](C)(C)C)cc1. The Balaban J connectivity index is 2.07. The normalized spacial score (nSPS) is 14.4. The van der Waals surface area contributed by atoms with Crippen molar-refractivity contribution in [3.63, 3.8) is 0 Å². The zero-order valence-electron chi connectivity index (χ0n) is 24.0. The van der Waals surface area contributed by atoms with E-state index in [-0.39, 0.29) is 12.4 Å². The van der Waals surface area contributed by atoms with Gasteiger partial charge in [-0.1, -0.05) is 42.0 Å². The van der Waals surface area contributed by atoms with Crippen LogP contribution in [0.2, 0.25) is 65.0 Å². The van der Waals surface area contributed by atoms with E-state index in [9.17, 15) is 4.79 Å². The number of hydrogen-bond donors (Lipinski definition) is 0. The minimum absolute atomic E-state index is 0.243. The quantitative estimate of drug-likeness (QED) is 0.143. The molecule has 2 aromatic carbocycles. The molecule has 36 heavy (non-hydrogen) atoms. The molecule has 2 aromatic rings. The minimum atomic E-state index is -2.45. The lowest BCUT2D eigenvalue weighted by Gasteiger charge is -2.41. The molecule has 0 heterocycles. The Kier molecular flexibility index (Phi) is 10.7. The molecule has 5 nitrogen and oxygen atoms in total. The molecule has 0 bridgehead atoms. The van der Waals surface area contributed by atoms with E-state index >= 15 is 0 Å². The van der Waals surface area contributed by atoms with Crippen molar-refractivity contribution in [2.45, 2.75) is 91.2 Å². The van der Waals surface area contributed by atoms with Crippen molar-refractivity contribution >= 4 is 39.7 Å². The summed E-state index contributed by atoms with van der Waals surface area (Å²) in [5, 5.41) is 0. The molecular weight excluding hydrogens is 517 g/mol. The summed E-state index contributed by atoms with van der Waals surface area (Å²) < 4.78 is 25.6. The van der Waals surface area contributed by atoms with Crippen LogP contribution >= 0.6 is 0 Å². The highest BCUT2D eigenvalue weighted by molar-refractivity contribution is 6.89. The monoisotopic (exact) mass is 562 g/mol. The highest BCUT2D eigenvalue weighted by atomic mass is 28.5. The molecule has 0 saturated carbocycles. The summed E-state index contributed by atoms with van der Waals surface area (Å²) in [4.78, 5) is 12.6. The van der Waals surface area contributed by atoms with E-state index < -0.39 is 33.8 Å². The minimum Gasteiger partial charge on any atom is -0.437 e. The van der Waals surface area contributed by atoms with Crippen molar-refractivity contribution in [1.82, 2.24) is 0 Å². The average molecular weight is 563 g/mol. The van der Waals surface area contributed by atoms with E-state index in [1.165, 1.54) is 5.56 Å². The van der Waals surface area contributed by atoms with Gasteiger partial charge in [0.15, 0.2) is 16.6 Å². The van der Waals surface area contributed by atoms with Crippen molar-refractivity contribution in [3.8, 4) is 5.75 Å². The van der Waals surface area contributed by atoms with Gasteiger partial charge in [0, 0.05) is 0 Å². The van der Waals surface area contributed by atoms with Crippen LogP contribution < -0.4 is 4.74 Å². The topological polar surface area (TPSA) is 54.0 Å². The Labute approximate surface area is 223 Å². The smallest absolute Gasteiger partial charge is 0.315 e. The van der Waals surface area contributed by atoms with Crippen LogP contribution in [0, 0.1) is 6.92 Å². The van der Waals surface area contributed by atoms with Gasteiger partial charge in [-0.15, -0.1) is 0 Å². The molecule has 0 N–H and O–H groups in total. The fourth-order valence-electron chi connectivity index (χ4n) is 4.55. The summed E-state index contributed by atoms with van der Waals surface area (Å²) in [5.74, 6) is 0.338. The van der Waals surface area contributed by atoms with Crippen LogP contribution in [0.25, 0.3) is 0 Å². The molecule has 0 spiro atoms. The van der Waals surface area contributed by atoms with E-state index in [2.05, 4.69) is 65.0 Å². The van der Waals surface area contributed by atoms with Crippen LogP contribution in [-0.4, -0.2) is 39.7 Å². The fraction of sp³-hybridized carbons (Fsp3) is 0.519. The lowest BCUT2D eigenvalue weighted by Crippen LogP contribution is -2.56. The van der Waals surface area contributed by atoms with Crippen LogP contribution in [0.15, 0.2) is 48.5 Å². The second kappa shape index (κ2) is 12.5. The number of ether oxygens (including phenoxy) is 1. The first-order valence-corrected chi connectivity index (χ1v) is 25.1. The zero-order valence-corrected chi connectivity index (χ0v) is 28.0. The van der Waals surface area contributed by atoms with Gasteiger partial charge < -0.3 is 17.1 Å². The molecule has 9 heteroatoms. The molecule has 0 amide bonds. The molecular formula is C27H46O5Si4. The predicted octanol–water partition coefficient (Wildman–Crippen LogP) is 7.57. The van der Waals surface area contributed by atoms with Crippen LogP contribution in [0.5, 0.6) is 5.75 Å². The Morgan fingerprint density at radius 1 is 0.722 bits per heavy atom. The molecule has 0 aliphatic carbocycles.